The maximum absolute atomic E-state index is 13.5. The molecule has 1 unspecified atom stereocenters. The number of hydrogen-bond donors (Lipinski definition) is 1. The van der Waals surface area contributed by atoms with Crippen LogP contribution in [0.1, 0.15) is 24.3 Å². The van der Waals surface area contributed by atoms with Gasteiger partial charge in [-0.3, -0.25) is 4.79 Å². The third-order valence-electron chi connectivity index (χ3n) is 7.33. The lowest BCUT2D eigenvalue weighted by molar-refractivity contribution is -0.118. The highest BCUT2D eigenvalue weighted by molar-refractivity contribution is 7.89. The molecule has 6 rings (SSSR count). The van der Waals surface area contributed by atoms with Crippen LogP contribution in [0.3, 0.4) is 0 Å². The average Bonchev–Trinajstić information content (AvgIpc) is 3.33. The number of amides is 1. The van der Waals surface area contributed by atoms with Crippen LogP contribution >= 0.6 is 0 Å². The monoisotopic (exact) mass is 459 g/mol. The van der Waals surface area contributed by atoms with E-state index in [0.717, 1.165) is 33.1 Å². The number of piperidine rings is 1. The first-order valence-corrected chi connectivity index (χ1v) is 12.8. The third kappa shape index (κ3) is 3.10. The van der Waals surface area contributed by atoms with Gasteiger partial charge in [0.2, 0.25) is 15.9 Å². The summed E-state index contributed by atoms with van der Waals surface area (Å²) in [5.41, 5.74) is 4.01. The van der Waals surface area contributed by atoms with Gasteiger partial charge < -0.3 is 9.88 Å². The first kappa shape index (κ1) is 20.4. The Morgan fingerprint density at radius 1 is 0.879 bits per heavy atom. The van der Waals surface area contributed by atoms with Gasteiger partial charge in [0.05, 0.1) is 10.8 Å². The number of rotatable bonds is 3. The van der Waals surface area contributed by atoms with Crippen LogP contribution in [0.4, 0.5) is 5.69 Å². The molecule has 33 heavy (non-hydrogen) atoms. The lowest BCUT2D eigenvalue weighted by Gasteiger charge is -2.33. The number of aryl methyl sites for hydroxylation is 1. The smallest absolute Gasteiger partial charge is 0.243 e. The maximum Gasteiger partial charge on any atom is 0.243 e. The minimum Gasteiger partial charge on any atom is -0.344 e. The number of para-hydroxylation sites is 2. The molecule has 3 aromatic carbocycles. The normalized spacial score (nSPS) is 19.8. The van der Waals surface area contributed by atoms with Gasteiger partial charge in [-0.1, -0.05) is 36.4 Å². The molecule has 168 valence electrons. The molecule has 0 radical (unpaired) electrons. The van der Waals surface area contributed by atoms with Gasteiger partial charge in [0, 0.05) is 47.6 Å². The molecule has 1 N–H and O–H groups in total. The number of fused-ring (bicyclic) bond motifs is 4. The Balaban J connectivity index is 1.27. The number of anilines is 1. The van der Waals surface area contributed by atoms with Gasteiger partial charge in [-0.25, -0.2) is 8.42 Å². The molecule has 6 nitrogen and oxygen atoms in total. The summed E-state index contributed by atoms with van der Waals surface area (Å²) in [6.45, 7) is 0.846. The van der Waals surface area contributed by atoms with Crippen LogP contribution < -0.4 is 5.32 Å². The van der Waals surface area contributed by atoms with Crippen LogP contribution in [0.25, 0.3) is 21.8 Å². The Hall–Kier alpha value is -3.16. The number of carbonyl (C=O) groups is 1. The highest BCUT2D eigenvalue weighted by Crippen LogP contribution is 2.42. The molecule has 0 spiro atoms. The molecule has 1 amide bonds. The molecule has 0 bridgehead atoms. The van der Waals surface area contributed by atoms with Crippen molar-refractivity contribution in [3.8, 4) is 0 Å². The molecule has 4 aromatic rings. The van der Waals surface area contributed by atoms with Crippen molar-refractivity contribution in [3.63, 3.8) is 0 Å². The fourth-order valence-electron chi connectivity index (χ4n) is 5.61. The molecule has 0 aliphatic carbocycles. The van der Waals surface area contributed by atoms with Gasteiger partial charge in [0.15, 0.2) is 0 Å². The number of sulfonamides is 1. The van der Waals surface area contributed by atoms with Gasteiger partial charge in [0.1, 0.15) is 0 Å². The molecule has 1 aromatic heterocycles. The van der Waals surface area contributed by atoms with Crippen LogP contribution in [-0.2, 0) is 21.9 Å². The first-order chi connectivity index (χ1) is 15.9. The van der Waals surface area contributed by atoms with Gasteiger partial charge in [-0.15, -0.1) is 0 Å². The van der Waals surface area contributed by atoms with Gasteiger partial charge in [0.25, 0.3) is 0 Å². The highest BCUT2D eigenvalue weighted by Gasteiger charge is 2.40. The second-order valence-electron chi connectivity index (χ2n) is 9.05. The molecule has 2 aliphatic rings. The van der Waals surface area contributed by atoms with Crippen molar-refractivity contribution in [1.29, 1.82) is 0 Å². The second kappa shape index (κ2) is 7.43. The molecule has 1 saturated heterocycles. The van der Waals surface area contributed by atoms with Crippen molar-refractivity contribution in [2.24, 2.45) is 13.0 Å². The van der Waals surface area contributed by atoms with E-state index in [0.29, 0.717) is 30.8 Å². The summed E-state index contributed by atoms with van der Waals surface area (Å²) in [6, 6.07) is 21.3. The topological polar surface area (TPSA) is 71.4 Å². The quantitative estimate of drug-likeness (QED) is 0.491. The van der Waals surface area contributed by atoms with Gasteiger partial charge >= 0.3 is 0 Å². The minimum absolute atomic E-state index is 0.0268. The Morgan fingerprint density at radius 3 is 2.39 bits per heavy atom. The summed E-state index contributed by atoms with van der Waals surface area (Å²) < 4.78 is 30.7. The predicted octanol–water partition coefficient (Wildman–Crippen LogP) is 4.47. The van der Waals surface area contributed by atoms with E-state index in [1.807, 2.05) is 61.6 Å². The number of carbonyl (C=O) groups excluding carboxylic acids is 1. The average molecular weight is 460 g/mol. The molecule has 3 heterocycles. The number of nitrogens with zero attached hydrogens (tertiary/aromatic N) is 2. The molecule has 2 aliphatic heterocycles. The van der Waals surface area contributed by atoms with E-state index < -0.39 is 10.0 Å². The number of hydrogen-bond acceptors (Lipinski definition) is 3. The van der Waals surface area contributed by atoms with Gasteiger partial charge in [-0.05, 0) is 54.7 Å². The highest BCUT2D eigenvalue weighted by atomic mass is 32.2. The lowest BCUT2D eigenvalue weighted by Crippen LogP contribution is -2.40. The minimum atomic E-state index is -3.61. The molecule has 1 atom stereocenters. The maximum atomic E-state index is 13.5. The van der Waals surface area contributed by atoms with Crippen molar-refractivity contribution in [2.45, 2.75) is 23.7 Å². The van der Waals surface area contributed by atoms with Crippen molar-refractivity contribution in [3.05, 3.63) is 72.3 Å². The summed E-state index contributed by atoms with van der Waals surface area (Å²) in [6.07, 6.45) is 1.34. The number of aromatic nitrogens is 1. The van der Waals surface area contributed by atoms with E-state index in [2.05, 4.69) is 9.88 Å². The van der Waals surface area contributed by atoms with E-state index in [4.69, 9.17) is 0 Å². The van der Waals surface area contributed by atoms with Crippen LogP contribution in [0.2, 0.25) is 0 Å². The Morgan fingerprint density at radius 2 is 1.58 bits per heavy atom. The Bertz CT molecular complexity index is 1510. The van der Waals surface area contributed by atoms with E-state index in [9.17, 15) is 13.2 Å². The second-order valence-corrected chi connectivity index (χ2v) is 11.0. The summed E-state index contributed by atoms with van der Waals surface area (Å²) >= 11 is 0. The summed E-state index contributed by atoms with van der Waals surface area (Å²) in [5, 5.41) is 4.97. The Labute approximate surface area is 192 Å². The molecular formula is C26H25N3O3S. The van der Waals surface area contributed by atoms with E-state index in [1.54, 1.807) is 16.4 Å². The fourth-order valence-corrected chi connectivity index (χ4v) is 7.10. The number of benzene rings is 3. The van der Waals surface area contributed by atoms with Crippen LogP contribution in [0.15, 0.2) is 71.6 Å². The zero-order valence-electron chi connectivity index (χ0n) is 18.4. The fraction of sp³-hybridized carbons (Fsp3) is 0.269. The standard InChI is InChI=1S/C26H25N3O3S/c1-28-23-9-5-3-6-19(23)21-16-18(10-11-24(21)28)33(31,32)29-14-12-17(13-15-29)25-20-7-2-4-8-22(20)27-26(25)30/h2-11,16-17,25H,12-15H2,1H3,(H,27,30). The molecule has 7 heteroatoms. The summed E-state index contributed by atoms with van der Waals surface area (Å²) in [7, 11) is -1.61. The number of nitrogens with one attached hydrogen (secondary N) is 1. The van der Waals surface area contributed by atoms with Crippen molar-refractivity contribution in [2.75, 3.05) is 18.4 Å². The predicted molar refractivity (Wildman–Crippen MR) is 130 cm³/mol. The third-order valence-corrected chi connectivity index (χ3v) is 9.22. The SMILES string of the molecule is Cn1c2ccccc2c2cc(S(=O)(=O)N3CCC(C4C(=O)Nc5ccccc54)CC3)ccc21. The van der Waals surface area contributed by atoms with Crippen molar-refractivity contribution >= 4 is 43.4 Å². The van der Waals surface area contributed by atoms with Crippen molar-refractivity contribution in [1.82, 2.24) is 8.87 Å². The zero-order valence-corrected chi connectivity index (χ0v) is 19.2. The van der Waals surface area contributed by atoms with Crippen LogP contribution in [0.5, 0.6) is 0 Å². The Kier molecular flexibility index (Phi) is 4.61. The van der Waals surface area contributed by atoms with Gasteiger partial charge in [-0.2, -0.15) is 4.31 Å². The van der Waals surface area contributed by atoms with E-state index in [-0.39, 0.29) is 17.7 Å². The molecular weight excluding hydrogens is 434 g/mol. The summed E-state index contributed by atoms with van der Waals surface area (Å²) in [5.74, 6) is -0.0300. The largest absolute Gasteiger partial charge is 0.344 e. The zero-order chi connectivity index (χ0) is 22.7. The molecule has 0 saturated carbocycles. The van der Waals surface area contributed by atoms with Crippen molar-refractivity contribution < 1.29 is 13.2 Å². The van der Waals surface area contributed by atoms with E-state index >= 15 is 0 Å². The summed E-state index contributed by atoms with van der Waals surface area (Å²) in [4.78, 5) is 12.9. The molecule has 1 fully saturated rings. The van der Waals surface area contributed by atoms with Crippen LogP contribution in [-0.4, -0.2) is 36.3 Å². The lowest BCUT2D eigenvalue weighted by atomic mass is 9.81. The first-order valence-electron chi connectivity index (χ1n) is 11.3. The van der Waals surface area contributed by atoms with E-state index in [1.165, 1.54) is 0 Å². The van der Waals surface area contributed by atoms with Crippen LogP contribution in [0, 0.1) is 5.92 Å².